The standard InChI is InChI=1S/C11H11NO2.2C9H7NO2.2C8H7NO2.2CH4/c1-11(2)13-9-5-4-8(7-12-3)6-10(9)14-11;2*1-10-5-7-2-3-8-9(4-7)12-6-11-8;2*1-9-5-6-2-3-7(10)8(11)4-6;;/h4-6H,7H2,1-2H3;2*2-4H,5-6H2;2*2-4,10-11H,5H2;2*1H4. The summed E-state index contributed by atoms with van der Waals surface area (Å²) in [5, 5.41) is 35.7. The summed E-state index contributed by atoms with van der Waals surface area (Å²) in [6.07, 6.45) is 0. The molecule has 0 amide bonds. The van der Waals surface area contributed by atoms with Crippen LogP contribution in [0.5, 0.6) is 57.5 Å². The Morgan fingerprint density at radius 3 is 1.05 bits per heavy atom. The minimum absolute atomic E-state index is 0. The Bertz CT molecular complexity index is 2360. The largest absolute Gasteiger partial charge is 0.504 e. The molecule has 3 heterocycles. The zero-order valence-corrected chi connectivity index (χ0v) is 32.6. The van der Waals surface area contributed by atoms with Crippen molar-refractivity contribution in [2.24, 2.45) is 0 Å². The lowest BCUT2D eigenvalue weighted by atomic mass is 10.2. The molecule has 8 rings (SSSR count). The van der Waals surface area contributed by atoms with Gasteiger partial charge in [0.1, 0.15) is 0 Å². The van der Waals surface area contributed by atoms with Crippen LogP contribution in [0.25, 0.3) is 24.2 Å². The molecule has 0 aliphatic carbocycles. The van der Waals surface area contributed by atoms with Crippen LogP contribution in [0.1, 0.15) is 56.5 Å². The minimum atomic E-state index is -0.584. The summed E-state index contributed by atoms with van der Waals surface area (Å²) in [5.41, 5.74) is 4.30. The highest BCUT2D eigenvalue weighted by Gasteiger charge is 2.31. The third-order valence-electron chi connectivity index (χ3n) is 7.98. The van der Waals surface area contributed by atoms with E-state index in [2.05, 4.69) is 24.2 Å². The molecule has 0 saturated heterocycles. The Balaban J connectivity index is 0.000000265. The van der Waals surface area contributed by atoms with E-state index < -0.39 is 5.79 Å². The number of phenolic OH excluding ortho intramolecular Hbond substituents is 4. The van der Waals surface area contributed by atoms with E-state index in [1.54, 1.807) is 12.1 Å². The molecule has 0 unspecified atom stereocenters. The van der Waals surface area contributed by atoms with Crippen LogP contribution in [0.3, 0.4) is 0 Å². The lowest BCUT2D eigenvalue weighted by Crippen LogP contribution is -2.29. The van der Waals surface area contributed by atoms with Crippen molar-refractivity contribution in [1.29, 1.82) is 0 Å². The Morgan fingerprint density at radius 1 is 0.403 bits per heavy atom. The topological polar surface area (TPSA) is 158 Å². The zero-order chi connectivity index (χ0) is 43.5. The van der Waals surface area contributed by atoms with E-state index in [-0.39, 0.29) is 64.5 Å². The fourth-order valence-corrected chi connectivity index (χ4v) is 5.24. The second-order valence-corrected chi connectivity index (χ2v) is 13.0. The molecular formula is C47H47N5O10. The molecule has 62 heavy (non-hydrogen) atoms. The number of aromatic hydroxyl groups is 4. The monoisotopic (exact) mass is 841 g/mol. The first kappa shape index (κ1) is 49.7. The molecule has 0 atom stereocenters. The van der Waals surface area contributed by atoms with Gasteiger partial charge in [0.2, 0.25) is 52.1 Å². The van der Waals surface area contributed by atoms with Gasteiger partial charge in [0.05, 0.1) is 0 Å². The van der Waals surface area contributed by atoms with Crippen LogP contribution in [-0.2, 0) is 32.7 Å². The second kappa shape index (κ2) is 24.5. The third-order valence-corrected chi connectivity index (χ3v) is 7.98. The van der Waals surface area contributed by atoms with E-state index in [4.69, 9.17) is 81.7 Å². The lowest BCUT2D eigenvalue weighted by Gasteiger charge is -2.16. The summed E-state index contributed by atoms with van der Waals surface area (Å²) >= 11 is 0. The molecule has 5 aromatic rings. The van der Waals surface area contributed by atoms with Gasteiger partial charge >= 0.3 is 0 Å². The second-order valence-electron chi connectivity index (χ2n) is 13.0. The van der Waals surface area contributed by atoms with Crippen molar-refractivity contribution in [2.75, 3.05) is 13.6 Å². The van der Waals surface area contributed by atoms with Gasteiger partial charge in [0.15, 0.2) is 57.5 Å². The van der Waals surface area contributed by atoms with E-state index in [0.717, 1.165) is 51.2 Å². The Labute approximate surface area is 362 Å². The molecule has 320 valence electrons. The van der Waals surface area contributed by atoms with E-state index >= 15 is 0 Å². The molecule has 4 N–H and O–H groups in total. The lowest BCUT2D eigenvalue weighted by molar-refractivity contribution is -0.0431. The number of nitrogens with zero attached hydrogens (tertiary/aromatic N) is 5. The number of benzene rings is 5. The van der Waals surface area contributed by atoms with E-state index in [0.29, 0.717) is 30.8 Å². The van der Waals surface area contributed by atoms with Crippen molar-refractivity contribution >= 4 is 0 Å². The quantitative estimate of drug-likeness (QED) is 0.0991. The van der Waals surface area contributed by atoms with Crippen LogP contribution in [-0.4, -0.2) is 39.8 Å². The maximum atomic E-state index is 8.97. The van der Waals surface area contributed by atoms with Gasteiger partial charge in [-0.05, 0) is 91.0 Å². The van der Waals surface area contributed by atoms with Crippen molar-refractivity contribution in [3.63, 3.8) is 0 Å². The van der Waals surface area contributed by atoms with E-state index in [1.807, 2.05) is 68.4 Å². The van der Waals surface area contributed by atoms with Crippen molar-refractivity contribution in [2.45, 2.75) is 67.2 Å². The molecule has 0 radical (unpaired) electrons. The molecule has 0 spiro atoms. The Hall–Kier alpha value is -8.45. The highest BCUT2D eigenvalue weighted by atomic mass is 16.7. The highest BCUT2D eigenvalue weighted by Crippen LogP contribution is 2.40. The molecule has 0 aromatic heterocycles. The zero-order valence-electron chi connectivity index (χ0n) is 32.6. The molecular weight excluding hydrogens is 795 g/mol. The molecule has 15 nitrogen and oxygen atoms in total. The van der Waals surface area contributed by atoms with Gasteiger partial charge in [-0.3, -0.25) is 0 Å². The molecule has 15 heteroatoms. The highest BCUT2D eigenvalue weighted by molar-refractivity contribution is 5.47. The fraction of sp³-hybridized carbons (Fsp3) is 0.255. The SMILES string of the molecule is C.C.[C-]#[N+]Cc1ccc(O)c(O)c1.[C-]#[N+]Cc1ccc(O)c(O)c1.[C-]#[N+]Cc1ccc2c(c1)OC(C)(C)O2.[C-]#[N+]Cc1ccc2c(c1)OCO2.[C-]#[N+]Cc1ccc2c(c1)OCO2. The summed E-state index contributed by atoms with van der Waals surface area (Å²) in [5.74, 6) is 3.27. The Morgan fingerprint density at radius 2 is 0.694 bits per heavy atom. The van der Waals surface area contributed by atoms with Gasteiger partial charge in [-0.15, -0.1) is 0 Å². The van der Waals surface area contributed by atoms with Crippen LogP contribution < -0.4 is 28.4 Å². The maximum Gasteiger partial charge on any atom is 0.246 e. The van der Waals surface area contributed by atoms with E-state index in [9.17, 15) is 0 Å². The van der Waals surface area contributed by atoms with Crippen molar-refractivity contribution in [3.05, 3.63) is 176 Å². The van der Waals surface area contributed by atoms with Crippen molar-refractivity contribution in [1.82, 2.24) is 0 Å². The summed E-state index contributed by atoms with van der Waals surface area (Å²) in [6.45, 7) is 39.2. The van der Waals surface area contributed by atoms with Gasteiger partial charge in [0, 0.05) is 41.7 Å². The minimum Gasteiger partial charge on any atom is -0.504 e. The van der Waals surface area contributed by atoms with Gasteiger partial charge < -0.3 is 73.1 Å². The summed E-state index contributed by atoms with van der Waals surface area (Å²) in [6, 6.07) is 25.4. The van der Waals surface area contributed by atoms with Crippen LogP contribution >= 0.6 is 0 Å². The fourth-order valence-electron chi connectivity index (χ4n) is 5.24. The average Bonchev–Trinajstić information content (AvgIpc) is 3.97. The predicted octanol–water partition coefficient (Wildman–Crippen LogP) is 10.6. The molecule has 3 aliphatic rings. The van der Waals surface area contributed by atoms with Crippen LogP contribution in [0.4, 0.5) is 0 Å². The maximum absolute atomic E-state index is 8.97. The van der Waals surface area contributed by atoms with Gasteiger partial charge in [-0.1, -0.05) is 14.9 Å². The predicted molar refractivity (Wildman–Crippen MR) is 231 cm³/mol. The molecule has 0 bridgehead atoms. The number of hydrogen-bond acceptors (Lipinski definition) is 10. The number of fused-ring (bicyclic) bond motifs is 3. The number of phenols is 4. The van der Waals surface area contributed by atoms with Crippen LogP contribution in [0.15, 0.2) is 91.0 Å². The number of ether oxygens (including phenoxy) is 6. The molecule has 0 fully saturated rings. The number of hydrogen-bond donors (Lipinski definition) is 4. The third kappa shape index (κ3) is 15.1. The van der Waals surface area contributed by atoms with Crippen LogP contribution in [0.2, 0.25) is 0 Å². The molecule has 5 aromatic carbocycles. The van der Waals surface area contributed by atoms with E-state index in [1.165, 1.54) is 24.3 Å². The summed E-state index contributed by atoms with van der Waals surface area (Å²) in [4.78, 5) is 16.2. The van der Waals surface area contributed by atoms with Crippen molar-refractivity contribution in [3.8, 4) is 57.5 Å². The molecule has 0 saturated carbocycles. The first-order chi connectivity index (χ1) is 28.9. The molecule has 3 aliphatic heterocycles. The van der Waals surface area contributed by atoms with Gasteiger partial charge in [-0.25, -0.2) is 32.9 Å². The smallest absolute Gasteiger partial charge is 0.246 e. The van der Waals surface area contributed by atoms with Gasteiger partial charge in [-0.2, -0.15) is 0 Å². The van der Waals surface area contributed by atoms with Crippen LogP contribution in [0, 0.1) is 32.9 Å². The summed E-state index contributed by atoms with van der Waals surface area (Å²) in [7, 11) is 0. The number of rotatable bonds is 5. The average molecular weight is 842 g/mol. The first-order valence-corrected chi connectivity index (χ1v) is 17.8. The Kier molecular flexibility index (Phi) is 19.6. The first-order valence-electron chi connectivity index (χ1n) is 17.8. The van der Waals surface area contributed by atoms with Gasteiger partial charge in [0.25, 0.3) is 0 Å². The summed E-state index contributed by atoms with van der Waals surface area (Å²) < 4.78 is 31.7. The van der Waals surface area contributed by atoms with Crippen molar-refractivity contribution < 1.29 is 48.8 Å². The normalized spacial score (nSPS) is 11.8.